The summed E-state index contributed by atoms with van der Waals surface area (Å²) in [4.78, 5) is 18.4. The summed E-state index contributed by atoms with van der Waals surface area (Å²) in [6.07, 6.45) is 5.20. The monoisotopic (exact) mass is 278 g/mol. The average molecular weight is 278 g/mol. The summed E-state index contributed by atoms with van der Waals surface area (Å²) in [6.45, 7) is 1.74. The number of likely N-dealkylation sites (tertiary alicyclic amines) is 1. The van der Waals surface area contributed by atoms with E-state index in [0.29, 0.717) is 11.4 Å². The molecule has 2 fully saturated rings. The first kappa shape index (κ1) is 12.8. The fraction of sp³-hybridized carbons (Fsp3) is 0.571. The van der Waals surface area contributed by atoms with Crippen LogP contribution in [0.1, 0.15) is 29.6 Å². The first-order valence-electron chi connectivity index (χ1n) is 6.83. The molecule has 0 N–H and O–H groups in total. The molecule has 4 nitrogen and oxygen atoms in total. The number of carbonyl (C=O) groups excluding carboxylic acids is 1. The van der Waals surface area contributed by atoms with Crippen molar-refractivity contribution >= 4 is 17.7 Å². The molecule has 2 saturated heterocycles. The van der Waals surface area contributed by atoms with Crippen LogP contribution in [0.4, 0.5) is 0 Å². The number of pyridine rings is 1. The van der Waals surface area contributed by atoms with Crippen molar-refractivity contribution in [3.8, 4) is 5.88 Å². The number of aromatic nitrogens is 1. The highest BCUT2D eigenvalue weighted by Crippen LogP contribution is 2.23. The third kappa shape index (κ3) is 3.03. The molecule has 1 atom stereocenters. The van der Waals surface area contributed by atoms with Gasteiger partial charge >= 0.3 is 0 Å². The van der Waals surface area contributed by atoms with Crippen molar-refractivity contribution in [3.63, 3.8) is 0 Å². The molecular formula is C14H18N2O2S. The van der Waals surface area contributed by atoms with Crippen molar-refractivity contribution in [1.82, 2.24) is 9.88 Å². The fourth-order valence-corrected chi connectivity index (χ4v) is 3.58. The van der Waals surface area contributed by atoms with Crippen molar-refractivity contribution in [2.24, 2.45) is 0 Å². The first-order chi connectivity index (χ1) is 9.33. The Kier molecular flexibility index (Phi) is 3.92. The van der Waals surface area contributed by atoms with Crippen molar-refractivity contribution in [2.45, 2.75) is 25.4 Å². The molecule has 0 bridgehead atoms. The van der Waals surface area contributed by atoms with E-state index in [9.17, 15) is 4.79 Å². The Bertz CT molecular complexity index is 455. The van der Waals surface area contributed by atoms with E-state index in [1.807, 2.05) is 16.7 Å². The zero-order valence-corrected chi connectivity index (χ0v) is 11.7. The van der Waals surface area contributed by atoms with Crippen LogP contribution in [0, 0.1) is 0 Å². The smallest absolute Gasteiger partial charge is 0.254 e. The Balaban J connectivity index is 1.69. The maximum atomic E-state index is 12.3. The lowest BCUT2D eigenvalue weighted by atomic mass is 10.2. The standard InChI is InChI=1S/C14H18N2O2S/c17-14(16-6-1-2-7-16)11-3-5-15-13(9-11)18-12-4-8-19-10-12/h3,5,9,12H,1-2,4,6-8,10H2. The number of thioether (sulfide) groups is 1. The van der Waals surface area contributed by atoms with Gasteiger partial charge in [-0.15, -0.1) is 0 Å². The van der Waals surface area contributed by atoms with Crippen molar-refractivity contribution in [3.05, 3.63) is 23.9 Å². The summed E-state index contributed by atoms with van der Waals surface area (Å²) in [7, 11) is 0. The molecule has 0 saturated carbocycles. The molecule has 19 heavy (non-hydrogen) atoms. The predicted molar refractivity (Wildman–Crippen MR) is 75.7 cm³/mol. The van der Waals surface area contributed by atoms with E-state index in [1.54, 1.807) is 18.3 Å². The van der Waals surface area contributed by atoms with E-state index in [1.165, 1.54) is 0 Å². The molecule has 0 aliphatic carbocycles. The summed E-state index contributed by atoms with van der Waals surface area (Å²) >= 11 is 1.90. The van der Waals surface area contributed by atoms with Crippen LogP contribution in [0.25, 0.3) is 0 Å². The number of nitrogens with zero attached hydrogens (tertiary/aromatic N) is 2. The summed E-state index contributed by atoms with van der Waals surface area (Å²) in [5, 5.41) is 0. The molecule has 1 aromatic heterocycles. The second-order valence-corrected chi connectivity index (χ2v) is 6.14. The Morgan fingerprint density at radius 2 is 2.26 bits per heavy atom. The van der Waals surface area contributed by atoms with Gasteiger partial charge in [0.05, 0.1) is 0 Å². The van der Waals surface area contributed by atoms with Gasteiger partial charge in [-0.3, -0.25) is 4.79 Å². The van der Waals surface area contributed by atoms with Crippen LogP contribution >= 0.6 is 11.8 Å². The normalized spacial score (nSPS) is 22.7. The van der Waals surface area contributed by atoms with Crippen LogP contribution in [-0.4, -0.2) is 46.5 Å². The molecule has 0 aromatic carbocycles. The number of ether oxygens (including phenoxy) is 1. The van der Waals surface area contributed by atoms with Gasteiger partial charge in [-0.2, -0.15) is 11.8 Å². The van der Waals surface area contributed by atoms with Gasteiger partial charge in [-0.25, -0.2) is 4.98 Å². The lowest BCUT2D eigenvalue weighted by Crippen LogP contribution is -2.27. The maximum Gasteiger partial charge on any atom is 0.254 e. The highest BCUT2D eigenvalue weighted by atomic mass is 32.2. The van der Waals surface area contributed by atoms with Crippen LogP contribution in [0.15, 0.2) is 18.3 Å². The largest absolute Gasteiger partial charge is 0.473 e. The maximum absolute atomic E-state index is 12.3. The summed E-state index contributed by atoms with van der Waals surface area (Å²) < 4.78 is 5.83. The minimum absolute atomic E-state index is 0.102. The Hall–Kier alpha value is -1.23. The summed E-state index contributed by atoms with van der Waals surface area (Å²) in [5.74, 6) is 2.85. The molecule has 102 valence electrons. The molecule has 2 aliphatic rings. The third-order valence-electron chi connectivity index (χ3n) is 3.55. The molecular weight excluding hydrogens is 260 g/mol. The van der Waals surface area contributed by atoms with Crippen LogP contribution in [0.3, 0.4) is 0 Å². The van der Waals surface area contributed by atoms with Crippen LogP contribution in [0.5, 0.6) is 5.88 Å². The van der Waals surface area contributed by atoms with Gasteiger partial charge < -0.3 is 9.64 Å². The summed E-state index contributed by atoms with van der Waals surface area (Å²) in [5.41, 5.74) is 0.692. The molecule has 1 aromatic rings. The van der Waals surface area contributed by atoms with Gasteiger partial charge in [0.2, 0.25) is 5.88 Å². The Morgan fingerprint density at radius 3 is 3.00 bits per heavy atom. The van der Waals surface area contributed by atoms with E-state index >= 15 is 0 Å². The molecule has 2 aliphatic heterocycles. The van der Waals surface area contributed by atoms with Gasteiger partial charge in [-0.1, -0.05) is 0 Å². The predicted octanol–water partition coefficient (Wildman–Crippen LogP) is 2.20. The van der Waals surface area contributed by atoms with Crippen molar-refractivity contribution < 1.29 is 9.53 Å². The topological polar surface area (TPSA) is 42.4 Å². The zero-order valence-electron chi connectivity index (χ0n) is 10.9. The lowest BCUT2D eigenvalue weighted by molar-refractivity contribution is 0.0791. The zero-order chi connectivity index (χ0) is 13.1. The summed E-state index contributed by atoms with van der Waals surface area (Å²) in [6, 6.07) is 3.56. The number of hydrogen-bond donors (Lipinski definition) is 0. The molecule has 3 rings (SSSR count). The van der Waals surface area contributed by atoms with E-state index in [2.05, 4.69) is 4.98 Å². The van der Waals surface area contributed by atoms with Crippen LogP contribution < -0.4 is 4.74 Å². The quantitative estimate of drug-likeness (QED) is 0.850. The minimum Gasteiger partial charge on any atom is -0.473 e. The van der Waals surface area contributed by atoms with Gasteiger partial charge in [0.25, 0.3) is 5.91 Å². The number of hydrogen-bond acceptors (Lipinski definition) is 4. The van der Waals surface area contributed by atoms with Gasteiger partial charge in [0.15, 0.2) is 0 Å². The number of carbonyl (C=O) groups is 1. The molecule has 0 radical (unpaired) electrons. The average Bonchev–Trinajstić information content (AvgIpc) is 3.11. The second-order valence-electron chi connectivity index (χ2n) is 4.99. The Labute approximate surface area is 117 Å². The van der Waals surface area contributed by atoms with E-state index in [4.69, 9.17) is 4.74 Å². The lowest BCUT2D eigenvalue weighted by Gasteiger charge is -2.16. The fourth-order valence-electron chi connectivity index (χ4n) is 2.49. The van der Waals surface area contributed by atoms with Gasteiger partial charge in [-0.05, 0) is 31.1 Å². The van der Waals surface area contributed by atoms with Crippen LogP contribution in [0.2, 0.25) is 0 Å². The second kappa shape index (κ2) is 5.82. The van der Waals surface area contributed by atoms with E-state index in [0.717, 1.165) is 43.9 Å². The van der Waals surface area contributed by atoms with E-state index in [-0.39, 0.29) is 12.0 Å². The van der Waals surface area contributed by atoms with E-state index < -0.39 is 0 Å². The van der Waals surface area contributed by atoms with Crippen molar-refractivity contribution in [2.75, 3.05) is 24.6 Å². The van der Waals surface area contributed by atoms with Gasteiger partial charge in [0.1, 0.15) is 6.10 Å². The minimum atomic E-state index is 0.102. The number of amides is 1. The molecule has 1 unspecified atom stereocenters. The highest BCUT2D eigenvalue weighted by molar-refractivity contribution is 7.99. The third-order valence-corrected chi connectivity index (χ3v) is 4.68. The molecule has 5 heteroatoms. The highest BCUT2D eigenvalue weighted by Gasteiger charge is 2.21. The SMILES string of the molecule is O=C(c1ccnc(OC2CCSC2)c1)N1CCCC1. The Morgan fingerprint density at radius 1 is 1.42 bits per heavy atom. The van der Waals surface area contributed by atoms with Gasteiger partial charge in [0, 0.05) is 36.7 Å². The number of rotatable bonds is 3. The van der Waals surface area contributed by atoms with Crippen molar-refractivity contribution in [1.29, 1.82) is 0 Å². The van der Waals surface area contributed by atoms with Crippen LogP contribution in [-0.2, 0) is 0 Å². The molecule has 1 amide bonds. The molecule has 0 spiro atoms. The molecule has 3 heterocycles. The first-order valence-corrected chi connectivity index (χ1v) is 7.98.